The maximum atomic E-state index is 12.6. The number of halogens is 3. The van der Waals surface area contributed by atoms with E-state index in [2.05, 4.69) is 0 Å². The van der Waals surface area contributed by atoms with Crippen LogP contribution in [-0.4, -0.2) is 36.5 Å². The van der Waals surface area contributed by atoms with Crippen LogP contribution in [0.3, 0.4) is 0 Å². The molecule has 2 N–H and O–H groups in total. The molecule has 24 heavy (non-hydrogen) atoms. The van der Waals surface area contributed by atoms with E-state index in [1.165, 1.54) is 0 Å². The van der Waals surface area contributed by atoms with Gasteiger partial charge in [-0.05, 0) is 36.5 Å². The first kappa shape index (κ1) is 19.8. The number of hydrogen-bond donors (Lipinski definition) is 1. The van der Waals surface area contributed by atoms with Gasteiger partial charge in [-0.25, -0.2) is 0 Å². The SMILES string of the molecule is Cl.N[C@@H]1CCC[C@H]1CC(=O)N1CCOC(c2ccc(Cl)c(Cl)c2)C1. The molecule has 3 rings (SSSR count). The molecule has 2 fully saturated rings. The van der Waals surface area contributed by atoms with Gasteiger partial charge in [0.05, 0.1) is 23.2 Å². The molecule has 1 heterocycles. The molecule has 1 aromatic rings. The Balaban J connectivity index is 0.00000208. The van der Waals surface area contributed by atoms with E-state index in [-0.39, 0.29) is 30.5 Å². The average Bonchev–Trinajstić information content (AvgIpc) is 2.95. The molecule has 0 radical (unpaired) electrons. The van der Waals surface area contributed by atoms with Crippen LogP contribution in [0.5, 0.6) is 0 Å². The second kappa shape index (κ2) is 8.72. The van der Waals surface area contributed by atoms with Crippen molar-refractivity contribution in [1.82, 2.24) is 4.90 Å². The number of hydrogen-bond acceptors (Lipinski definition) is 3. The Labute approximate surface area is 159 Å². The number of ether oxygens (including phenoxy) is 1. The quantitative estimate of drug-likeness (QED) is 0.849. The molecule has 134 valence electrons. The lowest BCUT2D eigenvalue weighted by Crippen LogP contribution is -2.43. The monoisotopic (exact) mass is 392 g/mol. The Hall–Kier alpha value is -0.520. The predicted molar refractivity (Wildman–Crippen MR) is 98.9 cm³/mol. The minimum atomic E-state index is -0.153. The van der Waals surface area contributed by atoms with Gasteiger partial charge in [-0.2, -0.15) is 0 Å². The molecular weight excluding hydrogens is 371 g/mol. The van der Waals surface area contributed by atoms with E-state index in [1.807, 2.05) is 17.0 Å². The third-order valence-electron chi connectivity index (χ3n) is 4.89. The third kappa shape index (κ3) is 4.55. The van der Waals surface area contributed by atoms with Crippen LogP contribution in [0.4, 0.5) is 0 Å². The molecule has 1 amide bonds. The second-order valence-electron chi connectivity index (χ2n) is 6.43. The zero-order valence-corrected chi connectivity index (χ0v) is 15.7. The normalized spacial score (nSPS) is 27.0. The standard InChI is InChI=1S/C17H22Cl2N2O2.ClH/c18-13-5-4-12(8-14(13)19)16-10-21(6-7-23-16)17(22)9-11-2-1-3-15(11)20;/h4-5,8,11,15-16H,1-3,6-7,9-10,20H2;1H/t11-,15+,16?;/m0./s1. The summed E-state index contributed by atoms with van der Waals surface area (Å²) in [6, 6.07) is 5.65. The van der Waals surface area contributed by atoms with E-state index in [0.717, 1.165) is 24.8 Å². The molecule has 1 aromatic carbocycles. The molecule has 0 bridgehead atoms. The van der Waals surface area contributed by atoms with Crippen LogP contribution in [-0.2, 0) is 9.53 Å². The van der Waals surface area contributed by atoms with Crippen molar-refractivity contribution in [2.24, 2.45) is 11.7 Å². The smallest absolute Gasteiger partial charge is 0.223 e. The summed E-state index contributed by atoms with van der Waals surface area (Å²) in [5.41, 5.74) is 7.04. The van der Waals surface area contributed by atoms with Crippen LogP contribution in [0.1, 0.15) is 37.4 Å². The van der Waals surface area contributed by atoms with E-state index in [9.17, 15) is 4.79 Å². The van der Waals surface area contributed by atoms with E-state index in [0.29, 0.717) is 42.1 Å². The summed E-state index contributed by atoms with van der Waals surface area (Å²) < 4.78 is 5.81. The van der Waals surface area contributed by atoms with Crippen molar-refractivity contribution in [3.63, 3.8) is 0 Å². The number of carbonyl (C=O) groups is 1. The highest BCUT2D eigenvalue weighted by Crippen LogP contribution is 2.31. The Kier molecular flexibility index (Phi) is 7.20. The minimum Gasteiger partial charge on any atom is -0.370 e. The van der Waals surface area contributed by atoms with E-state index >= 15 is 0 Å². The molecule has 4 nitrogen and oxygen atoms in total. The fourth-order valence-corrected chi connectivity index (χ4v) is 3.77. The Morgan fingerprint density at radius 1 is 1.29 bits per heavy atom. The van der Waals surface area contributed by atoms with Gasteiger partial charge in [-0.15, -0.1) is 12.4 Å². The average molecular weight is 394 g/mol. The van der Waals surface area contributed by atoms with Gasteiger partial charge in [-0.3, -0.25) is 4.79 Å². The lowest BCUT2D eigenvalue weighted by molar-refractivity contribution is -0.140. The van der Waals surface area contributed by atoms with Crippen LogP contribution >= 0.6 is 35.6 Å². The van der Waals surface area contributed by atoms with Gasteiger partial charge in [-0.1, -0.05) is 35.7 Å². The molecular formula is C17H23Cl3N2O2. The first-order valence-electron chi connectivity index (χ1n) is 8.14. The number of amides is 1. The van der Waals surface area contributed by atoms with Gasteiger partial charge in [0.25, 0.3) is 0 Å². The van der Waals surface area contributed by atoms with E-state index in [4.69, 9.17) is 33.7 Å². The van der Waals surface area contributed by atoms with Crippen molar-refractivity contribution in [1.29, 1.82) is 0 Å². The Morgan fingerprint density at radius 3 is 2.75 bits per heavy atom. The number of benzene rings is 1. The Morgan fingerprint density at radius 2 is 2.08 bits per heavy atom. The van der Waals surface area contributed by atoms with Gasteiger partial charge in [0.1, 0.15) is 6.10 Å². The number of carbonyl (C=O) groups excluding carboxylic acids is 1. The summed E-state index contributed by atoms with van der Waals surface area (Å²) in [7, 11) is 0. The first-order chi connectivity index (χ1) is 11.0. The highest BCUT2D eigenvalue weighted by atomic mass is 35.5. The van der Waals surface area contributed by atoms with Crippen LogP contribution in [0.25, 0.3) is 0 Å². The molecule has 1 saturated heterocycles. The molecule has 1 saturated carbocycles. The zero-order chi connectivity index (χ0) is 16.4. The van der Waals surface area contributed by atoms with E-state index in [1.54, 1.807) is 6.07 Å². The second-order valence-corrected chi connectivity index (χ2v) is 7.25. The summed E-state index contributed by atoms with van der Waals surface area (Å²) in [6.07, 6.45) is 3.63. The molecule has 1 aliphatic heterocycles. The summed E-state index contributed by atoms with van der Waals surface area (Å²) in [6.45, 7) is 1.73. The minimum absolute atomic E-state index is 0. The van der Waals surface area contributed by atoms with Gasteiger partial charge in [0.15, 0.2) is 0 Å². The number of nitrogens with two attached hydrogens (primary N) is 1. The van der Waals surface area contributed by atoms with Gasteiger partial charge >= 0.3 is 0 Å². The molecule has 0 aromatic heterocycles. The van der Waals surface area contributed by atoms with Crippen LogP contribution in [0.15, 0.2) is 18.2 Å². The maximum absolute atomic E-state index is 12.6. The summed E-state index contributed by atoms with van der Waals surface area (Å²) in [5, 5.41) is 1.03. The summed E-state index contributed by atoms with van der Waals surface area (Å²) in [4.78, 5) is 14.5. The first-order valence-corrected chi connectivity index (χ1v) is 8.90. The molecule has 1 unspecified atom stereocenters. The molecule has 7 heteroatoms. The van der Waals surface area contributed by atoms with Crippen LogP contribution in [0, 0.1) is 5.92 Å². The van der Waals surface area contributed by atoms with Crippen molar-refractivity contribution in [2.45, 2.75) is 37.8 Å². The fourth-order valence-electron chi connectivity index (χ4n) is 3.46. The third-order valence-corrected chi connectivity index (χ3v) is 5.63. The van der Waals surface area contributed by atoms with Crippen molar-refractivity contribution in [3.05, 3.63) is 33.8 Å². The van der Waals surface area contributed by atoms with Gasteiger partial charge < -0.3 is 15.4 Å². The van der Waals surface area contributed by atoms with E-state index < -0.39 is 0 Å². The van der Waals surface area contributed by atoms with Crippen molar-refractivity contribution < 1.29 is 9.53 Å². The predicted octanol–water partition coefficient (Wildman–Crippen LogP) is 3.83. The van der Waals surface area contributed by atoms with Gasteiger partial charge in [0.2, 0.25) is 5.91 Å². The van der Waals surface area contributed by atoms with Gasteiger partial charge in [0, 0.05) is 19.0 Å². The van der Waals surface area contributed by atoms with Crippen molar-refractivity contribution in [3.8, 4) is 0 Å². The maximum Gasteiger partial charge on any atom is 0.223 e. The van der Waals surface area contributed by atoms with Crippen molar-refractivity contribution >= 4 is 41.5 Å². The van der Waals surface area contributed by atoms with Crippen LogP contribution in [0.2, 0.25) is 10.0 Å². The topological polar surface area (TPSA) is 55.6 Å². The number of morpholine rings is 1. The van der Waals surface area contributed by atoms with Crippen molar-refractivity contribution in [2.75, 3.05) is 19.7 Å². The van der Waals surface area contributed by atoms with Crippen LogP contribution < -0.4 is 5.73 Å². The summed E-state index contributed by atoms with van der Waals surface area (Å²) >= 11 is 12.0. The largest absolute Gasteiger partial charge is 0.370 e. The number of nitrogens with zero attached hydrogens (tertiary/aromatic N) is 1. The summed E-state index contributed by atoms with van der Waals surface area (Å²) in [5.74, 6) is 0.509. The Bertz CT molecular complexity index is 585. The zero-order valence-electron chi connectivity index (χ0n) is 13.4. The number of rotatable bonds is 3. The molecule has 0 spiro atoms. The fraction of sp³-hybridized carbons (Fsp3) is 0.588. The molecule has 1 aliphatic carbocycles. The lowest BCUT2D eigenvalue weighted by atomic mass is 9.99. The molecule has 2 aliphatic rings. The lowest BCUT2D eigenvalue weighted by Gasteiger charge is -2.34. The highest BCUT2D eigenvalue weighted by molar-refractivity contribution is 6.42. The highest BCUT2D eigenvalue weighted by Gasteiger charge is 2.30. The molecule has 3 atom stereocenters.